The van der Waals surface area contributed by atoms with Crippen molar-refractivity contribution in [2.45, 2.75) is 13.2 Å². The zero-order valence-electron chi connectivity index (χ0n) is 17.1. The van der Waals surface area contributed by atoms with Crippen molar-refractivity contribution >= 4 is 46.3 Å². The molecule has 3 aromatic carbocycles. The fraction of sp³-hybridized carbons (Fsp3) is 0.0833. The van der Waals surface area contributed by atoms with Gasteiger partial charge in [-0.1, -0.05) is 60.1 Å². The van der Waals surface area contributed by atoms with Crippen LogP contribution in [-0.2, 0) is 17.9 Å². The van der Waals surface area contributed by atoms with E-state index in [-0.39, 0.29) is 29.5 Å². The summed E-state index contributed by atoms with van der Waals surface area (Å²) in [5.41, 5.74) is 1.84. The van der Waals surface area contributed by atoms with Crippen LogP contribution in [0.2, 0.25) is 5.02 Å². The molecule has 9 heteroatoms. The van der Waals surface area contributed by atoms with Gasteiger partial charge in [0.1, 0.15) is 6.61 Å². The molecule has 4 rings (SSSR count). The average Bonchev–Trinajstić information content (AvgIpc) is 3.07. The van der Waals surface area contributed by atoms with E-state index in [1.165, 1.54) is 18.2 Å². The van der Waals surface area contributed by atoms with Crippen molar-refractivity contribution < 1.29 is 19.2 Å². The van der Waals surface area contributed by atoms with Gasteiger partial charge in [-0.3, -0.25) is 24.6 Å². The predicted molar refractivity (Wildman–Crippen MR) is 127 cm³/mol. The van der Waals surface area contributed by atoms with E-state index in [9.17, 15) is 19.7 Å². The standard InChI is InChI=1S/C24H17ClN2O5S/c25-19-9-6-16(7-10-19)14-26-23(28)22(33-24(26)29)13-18-8-11-21(20(12-18)27(30)31)32-15-17-4-2-1-3-5-17/h1-13H,14-15H2/b22-13+. The first kappa shape index (κ1) is 22.6. The molecule has 1 heterocycles. The number of amides is 2. The monoisotopic (exact) mass is 480 g/mol. The number of carbonyl (C=O) groups is 2. The Balaban J connectivity index is 1.52. The Hall–Kier alpha value is -3.62. The highest BCUT2D eigenvalue weighted by Gasteiger charge is 2.35. The van der Waals surface area contributed by atoms with Gasteiger partial charge in [0.2, 0.25) is 0 Å². The third-order valence-corrected chi connectivity index (χ3v) is 6.00. The number of thioether (sulfide) groups is 1. The van der Waals surface area contributed by atoms with Gasteiger partial charge in [-0.15, -0.1) is 0 Å². The van der Waals surface area contributed by atoms with Gasteiger partial charge in [0.15, 0.2) is 5.75 Å². The normalized spacial score (nSPS) is 14.7. The van der Waals surface area contributed by atoms with Crippen molar-refractivity contribution in [1.29, 1.82) is 0 Å². The summed E-state index contributed by atoms with van der Waals surface area (Å²) in [6.45, 7) is 0.302. The van der Waals surface area contributed by atoms with Crippen molar-refractivity contribution in [3.05, 3.63) is 110 Å². The summed E-state index contributed by atoms with van der Waals surface area (Å²) in [7, 11) is 0. The fourth-order valence-corrected chi connectivity index (χ4v) is 4.15. The minimum atomic E-state index is -0.538. The second-order valence-electron chi connectivity index (χ2n) is 7.15. The smallest absolute Gasteiger partial charge is 0.311 e. The highest BCUT2D eigenvalue weighted by molar-refractivity contribution is 8.18. The summed E-state index contributed by atoms with van der Waals surface area (Å²) >= 11 is 6.67. The maximum Gasteiger partial charge on any atom is 0.311 e. The molecular weight excluding hydrogens is 464 g/mol. The van der Waals surface area contributed by atoms with Crippen LogP contribution in [0.1, 0.15) is 16.7 Å². The molecule has 2 amide bonds. The maximum atomic E-state index is 12.8. The van der Waals surface area contributed by atoms with Crippen LogP contribution in [0.25, 0.3) is 6.08 Å². The molecule has 1 saturated heterocycles. The molecule has 166 valence electrons. The molecule has 0 aromatic heterocycles. The van der Waals surface area contributed by atoms with E-state index in [2.05, 4.69) is 0 Å². The number of rotatable bonds is 7. The number of nitrogens with zero attached hydrogens (tertiary/aromatic N) is 2. The summed E-state index contributed by atoms with van der Waals surface area (Å²) in [5, 5.41) is 11.7. The van der Waals surface area contributed by atoms with E-state index in [0.717, 1.165) is 27.8 Å². The maximum absolute atomic E-state index is 12.8. The number of nitro groups is 1. The van der Waals surface area contributed by atoms with Crippen molar-refractivity contribution in [2.75, 3.05) is 0 Å². The lowest BCUT2D eigenvalue weighted by Crippen LogP contribution is -2.27. The topological polar surface area (TPSA) is 89.7 Å². The number of nitro benzene ring substituents is 1. The lowest BCUT2D eigenvalue weighted by molar-refractivity contribution is -0.386. The van der Waals surface area contributed by atoms with E-state index in [1.807, 2.05) is 30.3 Å². The van der Waals surface area contributed by atoms with Crippen LogP contribution in [0.3, 0.4) is 0 Å². The number of carbonyl (C=O) groups excluding carboxylic acids is 2. The summed E-state index contributed by atoms with van der Waals surface area (Å²) in [6, 6.07) is 20.6. The van der Waals surface area contributed by atoms with Crippen molar-refractivity contribution in [3.63, 3.8) is 0 Å². The molecule has 0 saturated carbocycles. The second-order valence-corrected chi connectivity index (χ2v) is 8.58. The van der Waals surface area contributed by atoms with Gasteiger partial charge in [-0.05, 0) is 52.7 Å². The number of imide groups is 1. The molecule has 0 radical (unpaired) electrons. The molecule has 7 nitrogen and oxygen atoms in total. The van der Waals surface area contributed by atoms with Crippen LogP contribution >= 0.6 is 23.4 Å². The molecular formula is C24H17ClN2O5S. The summed E-state index contributed by atoms with van der Waals surface area (Å²) < 4.78 is 5.63. The number of hydrogen-bond donors (Lipinski definition) is 0. The Morgan fingerprint density at radius 1 is 1.00 bits per heavy atom. The lowest BCUT2D eigenvalue weighted by atomic mass is 10.1. The first-order valence-electron chi connectivity index (χ1n) is 9.86. The molecule has 33 heavy (non-hydrogen) atoms. The molecule has 1 aliphatic heterocycles. The highest BCUT2D eigenvalue weighted by Crippen LogP contribution is 2.35. The minimum absolute atomic E-state index is 0.117. The molecule has 1 fully saturated rings. The lowest BCUT2D eigenvalue weighted by Gasteiger charge is -2.12. The van der Waals surface area contributed by atoms with E-state index in [0.29, 0.717) is 10.6 Å². The Kier molecular flexibility index (Phi) is 6.76. The van der Waals surface area contributed by atoms with Gasteiger partial charge in [-0.2, -0.15) is 0 Å². The van der Waals surface area contributed by atoms with Crippen LogP contribution in [-0.4, -0.2) is 21.0 Å². The van der Waals surface area contributed by atoms with E-state index < -0.39 is 16.1 Å². The second kappa shape index (κ2) is 9.89. The molecule has 0 bridgehead atoms. The van der Waals surface area contributed by atoms with Gasteiger partial charge in [0.05, 0.1) is 16.4 Å². The molecule has 1 aliphatic rings. The molecule has 0 spiro atoms. The predicted octanol–water partition coefficient (Wildman–Crippen LogP) is 6.06. The molecule has 0 aliphatic carbocycles. The van der Waals surface area contributed by atoms with E-state index in [4.69, 9.17) is 16.3 Å². The van der Waals surface area contributed by atoms with Crippen LogP contribution in [0.4, 0.5) is 10.5 Å². The third kappa shape index (κ3) is 5.42. The number of halogens is 1. The Bertz CT molecular complexity index is 1250. The highest BCUT2D eigenvalue weighted by atomic mass is 35.5. The summed E-state index contributed by atoms with van der Waals surface area (Å²) in [5.74, 6) is -0.330. The molecule has 0 unspecified atom stereocenters. The quantitative estimate of drug-likeness (QED) is 0.232. The Labute approximate surface area is 198 Å². The van der Waals surface area contributed by atoms with Crippen LogP contribution in [0, 0.1) is 10.1 Å². The van der Waals surface area contributed by atoms with Gasteiger partial charge >= 0.3 is 5.69 Å². The van der Waals surface area contributed by atoms with Crippen molar-refractivity contribution in [3.8, 4) is 5.75 Å². The number of ether oxygens (including phenoxy) is 1. The molecule has 0 atom stereocenters. The van der Waals surface area contributed by atoms with Gasteiger partial charge in [-0.25, -0.2) is 0 Å². The zero-order chi connectivity index (χ0) is 23.4. The van der Waals surface area contributed by atoms with Gasteiger partial charge in [0, 0.05) is 11.1 Å². The van der Waals surface area contributed by atoms with Gasteiger partial charge in [0.25, 0.3) is 11.1 Å². The SMILES string of the molecule is O=C1S/C(=C/c2ccc(OCc3ccccc3)c([N+](=O)[O-])c2)C(=O)N1Cc1ccc(Cl)cc1. The number of benzene rings is 3. The first-order chi connectivity index (χ1) is 15.9. The fourth-order valence-electron chi connectivity index (χ4n) is 3.18. The van der Waals surface area contributed by atoms with Crippen LogP contribution < -0.4 is 4.74 Å². The Morgan fingerprint density at radius 2 is 1.73 bits per heavy atom. The minimum Gasteiger partial charge on any atom is -0.482 e. The largest absolute Gasteiger partial charge is 0.482 e. The zero-order valence-corrected chi connectivity index (χ0v) is 18.7. The third-order valence-electron chi connectivity index (χ3n) is 4.84. The first-order valence-corrected chi connectivity index (χ1v) is 11.0. The van der Waals surface area contributed by atoms with Crippen LogP contribution in [0.15, 0.2) is 77.7 Å². The van der Waals surface area contributed by atoms with Gasteiger partial charge < -0.3 is 4.74 Å². The van der Waals surface area contributed by atoms with Crippen LogP contribution in [0.5, 0.6) is 5.75 Å². The molecule has 3 aromatic rings. The Morgan fingerprint density at radius 3 is 2.42 bits per heavy atom. The van der Waals surface area contributed by atoms with E-state index in [1.54, 1.807) is 30.3 Å². The van der Waals surface area contributed by atoms with Crippen molar-refractivity contribution in [1.82, 2.24) is 4.90 Å². The number of hydrogen-bond acceptors (Lipinski definition) is 6. The summed E-state index contributed by atoms with van der Waals surface area (Å²) in [4.78, 5) is 37.5. The van der Waals surface area contributed by atoms with Crippen molar-refractivity contribution in [2.24, 2.45) is 0 Å². The average molecular weight is 481 g/mol. The summed E-state index contributed by atoms with van der Waals surface area (Å²) in [6.07, 6.45) is 1.47. The van der Waals surface area contributed by atoms with E-state index >= 15 is 0 Å². The molecule has 0 N–H and O–H groups in total.